The number of halogens is 1. The highest BCUT2D eigenvalue weighted by Crippen LogP contribution is 2.29. The molecule has 7 nitrogen and oxygen atoms in total. The van der Waals surface area contributed by atoms with E-state index in [0.717, 1.165) is 23.4 Å². The van der Waals surface area contributed by atoms with Crippen molar-refractivity contribution in [1.29, 1.82) is 0 Å². The molecule has 1 heterocycles. The molecule has 1 N–H and O–H groups in total. The van der Waals surface area contributed by atoms with E-state index in [4.69, 9.17) is 16.3 Å². The second-order valence-corrected chi connectivity index (χ2v) is 7.44. The first-order valence-corrected chi connectivity index (χ1v) is 8.91. The standard InChI is InChI=1S/C15H13ClN2O5S/c16-11-5-6-15(13(8-11)18(19)20)24(21,22)17-9-12-7-10-3-1-2-4-14(10)23-12/h1-6,8,12,17H,7,9H2/t12-/m0/s1. The molecule has 1 aliphatic rings. The fraction of sp³-hybridized carbons (Fsp3) is 0.200. The number of nitrogens with zero attached hydrogens (tertiary/aromatic N) is 1. The van der Waals surface area contributed by atoms with Gasteiger partial charge in [0, 0.05) is 24.1 Å². The van der Waals surface area contributed by atoms with E-state index in [2.05, 4.69) is 4.72 Å². The van der Waals surface area contributed by atoms with E-state index in [9.17, 15) is 18.5 Å². The third-order valence-electron chi connectivity index (χ3n) is 3.62. The van der Waals surface area contributed by atoms with Gasteiger partial charge in [0.2, 0.25) is 10.0 Å². The lowest BCUT2D eigenvalue weighted by Gasteiger charge is -2.12. The average Bonchev–Trinajstić information content (AvgIpc) is 2.95. The van der Waals surface area contributed by atoms with Crippen molar-refractivity contribution in [2.45, 2.75) is 17.4 Å². The Morgan fingerprint density at radius 1 is 1.29 bits per heavy atom. The van der Waals surface area contributed by atoms with Crippen molar-refractivity contribution in [3.63, 3.8) is 0 Å². The van der Waals surface area contributed by atoms with E-state index in [1.165, 1.54) is 6.07 Å². The van der Waals surface area contributed by atoms with Crippen LogP contribution in [0.5, 0.6) is 5.75 Å². The van der Waals surface area contributed by atoms with Crippen molar-refractivity contribution >= 4 is 27.3 Å². The SMILES string of the molecule is O=[N+]([O-])c1cc(Cl)ccc1S(=O)(=O)NC[C@@H]1Cc2ccccc2O1. The lowest BCUT2D eigenvalue weighted by Crippen LogP contribution is -2.34. The molecule has 0 unspecified atom stereocenters. The first-order chi connectivity index (χ1) is 11.4. The maximum atomic E-state index is 12.4. The van der Waals surface area contributed by atoms with Gasteiger partial charge in [-0.25, -0.2) is 13.1 Å². The summed E-state index contributed by atoms with van der Waals surface area (Å²) in [5.41, 5.74) is 0.435. The maximum Gasteiger partial charge on any atom is 0.290 e. The first kappa shape index (κ1) is 16.7. The highest BCUT2D eigenvalue weighted by molar-refractivity contribution is 7.89. The molecular weight excluding hydrogens is 356 g/mol. The van der Waals surface area contributed by atoms with Gasteiger partial charge >= 0.3 is 0 Å². The number of ether oxygens (including phenoxy) is 1. The zero-order valence-corrected chi connectivity index (χ0v) is 13.9. The summed E-state index contributed by atoms with van der Waals surface area (Å²) < 4.78 is 32.8. The minimum absolute atomic E-state index is 0.0107. The summed E-state index contributed by atoms with van der Waals surface area (Å²) in [6.45, 7) is 0.0107. The third kappa shape index (κ3) is 3.35. The molecule has 0 saturated carbocycles. The second-order valence-electron chi connectivity index (χ2n) is 5.27. The maximum absolute atomic E-state index is 12.4. The Balaban J connectivity index is 1.75. The summed E-state index contributed by atoms with van der Waals surface area (Å²) in [5, 5.41) is 11.2. The molecule has 3 rings (SSSR count). The van der Waals surface area contributed by atoms with Crippen LogP contribution in [-0.4, -0.2) is 26.0 Å². The Morgan fingerprint density at radius 2 is 2.04 bits per heavy atom. The number of fused-ring (bicyclic) bond motifs is 1. The zero-order chi connectivity index (χ0) is 17.3. The molecule has 24 heavy (non-hydrogen) atoms. The number of nitro groups is 1. The number of benzene rings is 2. The number of hydrogen-bond donors (Lipinski definition) is 1. The van der Waals surface area contributed by atoms with Crippen molar-refractivity contribution in [3.8, 4) is 5.75 Å². The average molecular weight is 369 g/mol. The van der Waals surface area contributed by atoms with E-state index in [0.29, 0.717) is 6.42 Å². The molecule has 1 aliphatic heterocycles. The monoisotopic (exact) mass is 368 g/mol. The van der Waals surface area contributed by atoms with E-state index < -0.39 is 25.5 Å². The smallest absolute Gasteiger partial charge is 0.290 e. The van der Waals surface area contributed by atoms with Crippen LogP contribution >= 0.6 is 11.6 Å². The van der Waals surface area contributed by atoms with Crippen LogP contribution in [0.2, 0.25) is 5.02 Å². The highest BCUT2D eigenvalue weighted by Gasteiger charge is 2.29. The van der Waals surface area contributed by atoms with Gasteiger partial charge in [0.05, 0.1) is 4.92 Å². The Bertz CT molecular complexity index is 875. The summed E-state index contributed by atoms with van der Waals surface area (Å²) in [5.74, 6) is 0.721. The van der Waals surface area contributed by atoms with E-state index in [1.54, 1.807) is 0 Å². The molecule has 0 amide bonds. The first-order valence-electron chi connectivity index (χ1n) is 7.05. The Kier molecular flexibility index (Phi) is 4.44. The Hall–Kier alpha value is -2.16. The van der Waals surface area contributed by atoms with Gasteiger partial charge in [-0.1, -0.05) is 29.8 Å². The molecule has 9 heteroatoms. The largest absolute Gasteiger partial charge is 0.488 e. The Labute approximate surface area is 143 Å². The van der Waals surface area contributed by atoms with Gasteiger partial charge in [-0.05, 0) is 23.8 Å². The van der Waals surface area contributed by atoms with Crippen LogP contribution < -0.4 is 9.46 Å². The molecule has 0 spiro atoms. The van der Waals surface area contributed by atoms with Crippen LogP contribution in [0.3, 0.4) is 0 Å². The number of sulfonamides is 1. The predicted molar refractivity (Wildman–Crippen MR) is 87.9 cm³/mol. The van der Waals surface area contributed by atoms with Gasteiger partial charge in [-0.2, -0.15) is 0 Å². The van der Waals surface area contributed by atoms with E-state index in [-0.39, 0.29) is 17.7 Å². The minimum atomic E-state index is -4.06. The van der Waals surface area contributed by atoms with Crippen LogP contribution in [0.1, 0.15) is 5.56 Å². The number of hydrogen-bond acceptors (Lipinski definition) is 5. The second kappa shape index (κ2) is 6.39. The zero-order valence-electron chi connectivity index (χ0n) is 12.3. The predicted octanol–water partition coefficient (Wildman–Crippen LogP) is 2.53. The van der Waals surface area contributed by atoms with Gasteiger partial charge in [-0.3, -0.25) is 10.1 Å². The van der Waals surface area contributed by atoms with Crippen molar-refractivity contribution in [2.24, 2.45) is 0 Å². The van der Waals surface area contributed by atoms with E-state index >= 15 is 0 Å². The van der Waals surface area contributed by atoms with Crippen LogP contribution in [0, 0.1) is 10.1 Å². The molecule has 0 saturated heterocycles. The minimum Gasteiger partial charge on any atom is -0.488 e. The van der Waals surface area contributed by atoms with E-state index in [1.807, 2.05) is 24.3 Å². The topological polar surface area (TPSA) is 98.5 Å². The molecule has 0 aliphatic carbocycles. The molecule has 126 valence electrons. The van der Waals surface area contributed by atoms with Gasteiger partial charge in [0.25, 0.3) is 5.69 Å². The fourth-order valence-electron chi connectivity index (χ4n) is 2.51. The normalized spacial score (nSPS) is 16.5. The Morgan fingerprint density at radius 3 is 2.75 bits per heavy atom. The number of nitro benzene ring substituents is 1. The lowest BCUT2D eigenvalue weighted by molar-refractivity contribution is -0.387. The van der Waals surface area contributed by atoms with Gasteiger partial charge in [0.15, 0.2) is 4.90 Å². The summed E-state index contributed by atoms with van der Waals surface area (Å²) in [4.78, 5) is 9.86. The molecule has 0 bridgehead atoms. The lowest BCUT2D eigenvalue weighted by atomic mass is 10.1. The molecule has 0 radical (unpaired) electrons. The molecule has 1 atom stereocenters. The van der Waals surface area contributed by atoms with Gasteiger partial charge < -0.3 is 4.74 Å². The van der Waals surface area contributed by atoms with Crippen molar-refractivity contribution in [3.05, 3.63) is 63.2 Å². The number of nitrogens with one attached hydrogen (secondary N) is 1. The fourth-order valence-corrected chi connectivity index (χ4v) is 3.89. The summed E-state index contributed by atoms with van der Waals surface area (Å²) in [6.07, 6.45) is 0.213. The van der Waals surface area contributed by atoms with Crippen molar-refractivity contribution < 1.29 is 18.1 Å². The highest BCUT2D eigenvalue weighted by atomic mass is 35.5. The number of rotatable bonds is 5. The van der Waals surface area contributed by atoms with Crippen LogP contribution in [0.25, 0.3) is 0 Å². The quantitative estimate of drug-likeness (QED) is 0.645. The molecule has 0 fully saturated rings. The molecular formula is C15H13ClN2O5S. The molecule has 0 aromatic heterocycles. The van der Waals surface area contributed by atoms with Crippen LogP contribution in [0.4, 0.5) is 5.69 Å². The summed E-state index contributed by atoms with van der Waals surface area (Å²) >= 11 is 5.70. The van der Waals surface area contributed by atoms with Gasteiger partial charge in [0.1, 0.15) is 11.9 Å². The third-order valence-corrected chi connectivity index (χ3v) is 5.33. The number of para-hydroxylation sites is 1. The molecule has 2 aromatic rings. The van der Waals surface area contributed by atoms with Crippen molar-refractivity contribution in [2.75, 3.05) is 6.54 Å². The summed E-state index contributed by atoms with van der Waals surface area (Å²) in [6, 6.07) is 10.9. The summed E-state index contributed by atoms with van der Waals surface area (Å²) in [7, 11) is -4.06. The van der Waals surface area contributed by atoms with Crippen LogP contribution in [-0.2, 0) is 16.4 Å². The van der Waals surface area contributed by atoms with Crippen molar-refractivity contribution in [1.82, 2.24) is 4.72 Å². The van der Waals surface area contributed by atoms with Crippen LogP contribution in [0.15, 0.2) is 47.4 Å². The van der Waals surface area contributed by atoms with Gasteiger partial charge in [-0.15, -0.1) is 0 Å². The molecule has 2 aromatic carbocycles.